The number of rotatable bonds is 7. The average molecular weight is 372 g/mol. The van der Waals surface area contributed by atoms with Crippen molar-refractivity contribution in [1.29, 1.82) is 0 Å². The van der Waals surface area contributed by atoms with E-state index in [0.29, 0.717) is 19.2 Å². The molecule has 1 unspecified atom stereocenters. The molecule has 1 atom stereocenters. The summed E-state index contributed by atoms with van der Waals surface area (Å²) in [5.74, 6) is 1.00. The predicted octanol–water partition coefficient (Wildman–Crippen LogP) is 4.50. The van der Waals surface area contributed by atoms with E-state index in [9.17, 15) is 4.79 Å². The van der Waals surface area contributed by atoms with Gasteiger partial charge in [0, 0.05) is 19.2 Å². The monoisotopic (exact) mass is 371 g/mol. The van der Waals surface area contributed by atoms with Crippen molar-refractivity contribution in [3.8, 4) is 5.75 Å². The second-order valence-electron chi connectivity index (χ2n) is 7.09. The minimum atomic E-state index is 0.143. The highest BCUT2D eigenvalue weighted by Crippen LogP contribution is 2.31. The van der Waals surface area contributed by atoms with Crippen LogP contribution in [0.15, 0.2) is 41.8 Å². The molecule has 1 aliphatic carbocycles. The molecule has 0 radical (unpaired) electrons. The Morgan fingerprint density at radius 2 is 2.12 bits per heavy atom. The molecule has 4 rings (SSSR count). The Morgan fingerprint density at radius 3 is 2.85 bits per heavy atom. The lowest BCUT2D eigenvalue weighted by Crippen LogP contribution is -2.32. The third-order valence-electron chi connectivity index (χ3n) is 4.94. The number of ether oxygens (including phenoxy) is 2. The first kappa shape index (κ1) is 17.6. The standard InChI is InChI=1S/C21H25NO3S/c23-21(20-8-4-12-26-20)22(17-9-10-17)14-16-5-3-7-18(13-16)25-15-19-6-1-2-11-24-19/h3-5,7-8,12-13,17,19H,1-2,6,9-11,14-15H2. The number of thiophene rings is 1. The molecule has 0 N–H and O–H groups in total. The van der Waals surface area contributed by atoms with Crippen LogP contribution in [0, 0.1) is 0 Å². The topological polar surface area (TPSA) is 38.8 Å². The van der Waals surface area contributed by atoms with Crippen molar-refractivity contribution in [2.24, 2.45) is 0 Å². The molecule has 1 aliphatic heterocycles. The normalized spacial score (nSPS) is 19.9. The molecule has 5 heteroatoms. The zero-order chi connectivity index (χ0) is 17.8. The van der Waals surface area contributed by atoms with Gasteiger partial charge in [0.25, 0.3) is 5.91 Å². The lowest BCUT2D eigenvalue weighted by Gasteiger charge is -2.23. The molecule has 2 aromatic rings. The van der Waals surface area contributed by atoms with E-state index in [2.05, 4.69) is 12.1 Å². The Balaban J connectivity index is 1.39. The van der Waals surface area contributed by atoms with Gasteiger partial charge in [0.15, 0.2) is 0 Å². The van der Waals surface area contributed by atoms with E-state index in [1.807, 2.05) is 34.5 Å². The van der Waals surface area contributed by atoms with Gasteiger partial charge < -0.3 is 14.4 Å². The summed E-state index contributed by atoms with van der Waals surface area (Å²) in [5, 5.41) is 1.96. The van der Waals surface area contributed by atoms with Crippen LogP contribution in [0.2, 0.25) is 0 Å². The van der Waals surface area contributed by atoms with E-state index in [1.165, 1.54) is 17.8 Å². The SMILES string of the molecule is O=C(c1cccs1)N(Cc1cccc(OCC2CCCCO2)c1)C1CC1. The van der Waals surface area contributed by atoms with Crippen LogP contribution in [-0.2, 0) is 11.3 Å². The fourth-order valence-corrected chi connectivity index (χ4v) is 4.03. The molecule has 26 heavy (non-hydrogen) atoms. The zero-order valence-corrected chi connectivity index (χ0v) is 15.7. The fraction of sp³-hybridized carbons (Fsp3) is 0.476. The quantitative estimate of drug-likeness (QED) is 0.719. The second kappa shape index (κ2) is 8.23. The molecule has 0 spiro atoms. The van der Waals surface area contributed by atoms with Crippen LogP contribution in [0.1, 0.15) is 47.3 Å². The molecule has 2 fully saturated rings. The molecule has 1 aromatic heterocycles. The van der Waals surface area contributed by atoms with Gasteiger partial charge >= 0.3 is 0 Å². The number of nitrogens with zero attached hydrogens (tertiary/aromatic N) is 1. The predicted molar refractivity (Wildman–Crippen MR) is 103 cm³/mol. The van der Waals surface area contributed by atoms with Crippen molar-refractivity contribution in [3.05, 3.63) is 52.2 Å². The van der Waals surface area contributed by atoms with Gasteiger partial charge in [-0.05, 0) is 61.2 Å². The van der Waals surface area contributed by atoms with Crippen molar-refractivity contribution in [1.82, 2.24) is 4.90 Å². The highest BCUT2D eigenvalue weighted by atomic mass is 32.1. The van der Waals surface area contributed by atoms with Crippen LogP contribution in [0.25, 0.3) is 0 Å². The highest BCUT2D eigenvalue weighted by Gasteiger charge is 2.33. The summed E-state index contributed by atoms with van der Waals surface area (Å²) in [6, 6.07) is 12.3. The smallest absolute Gasteiger partial charge is 0.264 e. The summed E-state index contributed by atoms with van der Waals surface area (Å²) in [5.41, 5.74) is 1.11. The largest absolute Gasteiger partial charge is 0.491 e. The minimum Gasteiger partial charge on any atom is -0.491 e. The van der Waals surface area contributed by atoms with Crippen LogP contribution >= 0.6 is 11.3 Å². The Bertz CT molecular complexity index is 721. The highest BCUT2D eigenvalue weighted by molar-refractivity contribution is 7.12. The van der Waals surface area contributed by atoms with Gasteiger partial charge in [-0.15, -0.1) is 11.3 Å². The van der Waals surface area contributed by atoms with Gasteiger partial charge in [-0.1, -0.05) is 18.2 Å². The van der Waals surface area contributed by atoms with E-state index in [1.54, 1.807) is 0 Å². The maximum Gasteiger partial charge on any atom is 0.264 e. The fourth-order valence-electron chi connectivity index (χ4n) is 3.35. The van der Waals surface area contributed by atoms with Crippen molar-refractivity contribution in [2.75, 3.05) is 13.2 Å². The molecule has 1 saturated heterocycles. The number of carbonyl (C=O) groups excluding carboxylic acids is 1. The molecule has 2 aliphatic rings. The Morgan fingerprint density at radius 1 is 1.19 bits per heavy atom. The summed E-state index contributed by atoms with van der Waals surface area (Å²) in [6.07, 6.45) is 5.86. The molecule has 0 bridgehead atoms. The maximum absolute atomic E-state index is 12.8. The molecular formula is C21H25NO3S. The van der Waals surface area contributed by atoms with Gasteiger partial charge in [0.1, 0.15) is 12.4 Å². The molecule has 1 amide bonds. The molecule has 1 aromatic carbocycles. The summed E-state index contributed by atoms with van der Waals surface area (Å²) >= 11 is 1.51. The molecule has 4 nitrogen and oxygen atoms in total. The van der Waals surface area contributed by atoms with Gasteiger partial charge in [-0.2, -0.15) is 0 Å². The second-order valence-corrected chi connectivity index (χ2v) is 8.04. The summed E-state index contributed by atoms with van der Waals surface area (Å²) in [6.45, 7) is 2.08. The van der Waals surface area contributed by atoms with Gasteiger partial charge in [0.2, 0.25) is 0 Å². The van der Waals surface area contributed by atoms with E-state index < -0.39 is 0 Å². The maximum atomic E-state index is 12.8. The van der Waals surface area contributed by atoms with E-state index in [0.717, 1.165) is 48.5 Å². The van der Waals surface area contributed by atoms with Gasteiger partial charge in [-0.3, -0.25) is 4.79 Å². The third-order valence-corrected chi connectivity index (χ3v) is 5.80. The molecule has 1 saturated carbocycles. The Labute approximate surface area is 158 Å². The minimum absolute atomic E-state index is 0.143. The number of amides is 1. The molecule has 138 valence electrons. The van der Waals surface area contributed by atoms with Crippen molar-refractivity contribution >= 4 is 17.2 Å². The van der Waals surface area contributed by atoms with Crippen LogP contribution in [-0.4, -0.2) is 36.2 Å². The number of hydrogen-bond acceptors (Lipinski definition) is 4. The first-order valence-corrected chi connectivity index (χ1v) is 10.4. The van der Waals surface area contributed by atoms with Gasteiger partial charge in [-0.25, -0.2) is 0 Å². The number of hydrogen-bond donors (Lipinski definition) is 0. The van der Waals surface area contributed by atoms with Crippen molar-refractivity contribution in [3.63, 3.8) is 0 Å². The average Bonchev–Trinajstić information content (AvgIpc) is 3.38. The molecular weight excluding hydrogens is 346 g/mol. The lowest BCUT2D eigenvalue weighted by molar-refractivity contribution is -0.0110. The van der Waals surface area contributed by atoms with Crippen molar-refractivity contribution < 1.29 is 14.3 Å². The third kappa shape index (κ3) is 4.46. The lowest BCUT2D eigenvalue weighted by atomic mass is 10.1. The summed E-state index contributed by atoms with van der Waals surface area (Å²) in [7, 11) is 0. The van der Waals surface area contributed by atoms with E-state index >= 15 is 0 Å². The zero-order valence-electron chi connectivity index (χ0n) is 14.9. The van der Waals surface area contributed by atoms with Crippen LogP contribution < -0.4 is 4.74 Å². The van der Waals surface area contributed by atoms with Crippen LogP contribution in [0.5, 0.6) is 5.75 Å². The first-order chi connectivity index (χ1) is 12.8. The van der Waals surface area contributed by atoms with Crippen LogP contribution in [0.3, 0.4) is 0 Å². The van der Waals surface area contributed by atoms with Crippen LogP contribution in [0.4, 0.5) is 0 Å². The van der Waals surface area contributed by atoms with Gasteiger partial charge in [0.05, 0.1) is 11.0 Å². The summed E-state index contributed by atoms with van der Waals surface area (Å²) in [4.78, 5) is 15.6. The number of benzene rings is 1. The first-order valence-electron chi connectivity index (χ1n) is 9.47. The summed E-state index contributed by atoms with van der Waals surface area (Å²) < 4.78 is 11.7. The van der Waals surface area contributed by atoms with Crippen molar-refractivity contribution in [2.45, 2.75) is 50.8 Å². The Hall–Kier alpha value is -1.85. The van der Waals surface area contributed by atoms with E-state index in [-0.39, 0.29) is 12.0 Å². The van der Waals surface area contributed by atoms with E-state index in [4.69, 9.17) is 9.47 Å². The molecule has 2 heterocycles. The number of carbonyl (C=O) groups is 1. The Kier molecular flexibility index (Phi) is 5.56.